The fraction of sp³-hybridized carbons (Fsp3) is 0.885. The average Bonchev–Trinajstić information content (AvgIpc) is 0.846. The van der Waals surface area contributed by atoms with Crippen LogP contribution in [0, 0.1) is 0 Å². The van der Waals surface area contributed by atoms with Crippen molar-refractivity contribution in [1.29, 1.82) is 0 Å². The zero-order chi connectivity index (χ0) is 80.6. The average molecular weight is 1630 g/mol. The van der Waals surface area contributed by atoms with Crippen molar-refractivity contribution in [3.05, 3.63) is 59.7 Å². The Labute approximate surface area is 725 Å². The Bertz CT molecular complexity index is 2210. The van der Waals surface area contributed by atoms with Crippen LogP contribution in [-0.2, 0) is 33.1 Å². The van der Waals surface area contributed by atoms with Gasteiger partial charge >= 0.3 is 23.1 Å². The van der Waals surface area contributed by atoms with Crippen LogP contribution in [0.4, 0.5) is 0 Å². The van der Waals surface area contributed by atoms with Crippen molar-refractivity contribution >= 4 is 43.3 Å². The van der Waals surface area contributed by atoms with Crippen LogP contribution >= 0.6 is 0 Å². The molecule has 0 unspecified atom stereocenters. The maximum absolute atomic E-state index is 11.4. The summed E-state index contributed by atoms with van der Waals surface area (Å²) >= 11 is 0. The molecule has 0 spiro atoms. The Balaban J connectivity index is 0.00000220. The molecule has 0 heterocycles. The van der Waals surface area contributed by atoms with E-state index in [1.165, 1.54) is 551 Å². The molecular weight excluding hydrogens is 1430 g/mol. The van der Waals surface area contributed by atoms with Gasteiger partial charge in [-0.2, -0.15) is 0 Å². The Morgan fingerprint density at radius 3 is 0.372 bits per heavy atom. The first-order valence-electron chi connectivity index (χ1n) is 51.2. The molecular formula is C104H194MgO6S2. The molecule has 6 nitrogen and oxygen atoms in total. The maximum atomic E-state index is 11.4. The SMILES string of the molecule is CCCCCCCCCCCCCCCCCCCCCCCCCCCCCCCCCCCCCCCCCCCCCCc1ccccc1S(=O)(=O)[O-].CCCCCCCCCCCCCCCCCCCCCCCCCCCCCCCCCCCCCCCCCCCCCCc1ccccc1S(=O)(=O)[O-].[Mg+2]. The molecule has 660 valence electrons. The fourth-order valence-electron chi connectivity index (χ4n) is 17.5. The monoisotopic (exact) mass is 1630 g/mol. The van der Waals surface area contributed by atoms with Crippen molar-refractivity contribution in [3.63, 3.8) is 0 Å². The molecule has 2 rings (SSSR count). The van der Waals surface area contributed by atoms with Gasteiger partial charge in [-0.05, 0) is 48.9 Å². The van der Waals surface area contributed by atoms with Crippen LogP contribution in [-0.4, -0.2) is 49.0 Å². The largest absolute Gasteiger partial charge is 2.00 e. The Hall–Kier alpha value is -0.974. The van der Waals surface area contributed by atoms with E-state index in [0.29, 0.717) is 24.0 Å². The van der Waals surface area contributed by atoms with Crippen LogP contribution in [0.3, 0.4) is 0 Å². The molecule has 0 aliphatic heterocycles. The van der Waals surface area contributed by atoms with E-state index in [0.717, 1.165) is 25.7 Å². The molecule has 113 heavy (non-hydrogen) atoms. The fourth-order valence-corrected chi connectivity index (χ4v) is 19.0. The summed E-state index contributed by atoms with van der Waals surface area (Å²) < 4.78 is 68.4. The summed E-state index contributed by atoms with van der Waals surface area (Å²) in [6.45, 7) is 4.61. The number of rotatable bonds is 92. The molecule has 0 radical (unpaired) electrons. The van der Waals surface area contributed by atoms with E-state index >= 15 is 0 Å². The molecule has 0 atom stereocenters. The second kappa shape index (κ2) is 91.8. The van der Waals surface area contributed by atoms with Gasteiger partial charge in [0.1, 0.15) is 20.2 Å². The molecule has 0 bridgehead atoms. The Kier molecular flexibility index (Phi) is 91.0. The summed E-state index contributed by atoms with van der Waals surface area (Å²) in [7, 11) is -8.74. The normalized spacial score (nSPS) is 11.8. The Morgan fingerprint density at radius 2 is 0.265 bits per heavy atom. The van der Waals surface area contributed by atoms with Crippen LogP contribution in [0.2, 0.25) is 0 Å². The van der Waals surface area contributed by atoms with Crippen LogP contribution in [0.15, 0.2) is 58.3 Å². The van der Waals surface area contributed by atoms with E-state index in [2.05, 4.69) is 13.8 Å². The number of hydrogen-bond acceptors (Lipinski definition) is 6. The van der Waals surface area contributed by atoms with Crippen molar-refractivity contribution < 1.29 is 25.9 Å². The Morgan fingerprint density at radius 1 is 0.168 bits per heavy atom. The van der Waals surface area contributed by atoms with Crippen molar-refractivity contribution in [2.45, 2.75) is 602 Å². The standard InChI is InChI=1S/2C52H98O3S.Mg/c2*1-2-3-4-5-6-7-8-9-10-11-12-13-14-15-16-17-18-19-20-21-22-23-24-25-26-27-28-29-30-31-32-33-34-35-36-37-38-39-40-41-42-43-44-45-48-51-49-46-47-50-52(51)56(53,54)55;/h2*46-47,49-50H,2-45,48H2,1H3,(H,53,54,55);/q;;+2/p-2. The zero-order valence-electron chi connectivity index (χ0n) is 76.2. The summed E-state index contributed by atoms with van der Waals surface area (Å²) in [6.07, 6.45) is 127. The van der Waals surface area contributed by atoms with Gasteiger partial charge in [-0.3, -0.25) is 0 Å². The quantitative estimate of drug-likeness (QED) is 0.0370. The van der Waals surface area contributed by atoms with Crippen LogP contribution in [0.5, 0.6) is 0 Å². The van der Waals surface area contributed by atoms with Gasteiger partial charge in [-0.1, -0.05) is 602 Å². The molecule has 2 aromatic rings. The minimum atomic E-state index is -4.37. The molecule has 0 aliphatic rings. The maximum Gasteiger partial charge on any atom is 2.00 e. The van der Waals surface area contributed by atoms with E-state index in [9.17, 15) is 25.9 Å². The van der Waals surface area contributed by atoms with Gasteiger partial charge in [0.2, 0.25) is 0 Å². The second-order valence-electron chi connectivity index (χ2n) is 36.0. The van der Waals surface area contributed by atoms with Crippen molar-refractivity contribution in [2.75, 3.05) is 0 Å². The van der Waals surface area contributed by atoms with Crippen LogP contribution in [0.25, 0.3) is 0 Å². The third kappa shape index (κ3) is 84.4. The molecule has 0 aliphatic carbocycles. The molecule has 0 saturated heterocycles. The molecule has 0 N–H and O–H groups in total. The van der Waals surface area contributed by atoms with Gasteiger partial charge in [-0.15, -0.1) is 0 Å². The summed E-state index contributed by atoms with van der Waals surface area (Å²) in [4.78, 5) is -0.0794. The second-order valence-corrected chi connectivity index (χ2v) is 38.7. The summed E-state index contributed by atoms with van der Waals surface area (Å²) in [5, 5.41) is 0. The van der Waals surface area contributed by atoms with E-state index in [-0.39, 0.29) is 32.8 Å². The minimum absolute atomic E-state index is 0. The third-order valence-electron chi connectivity index (χ3n) is 25.1. The van der Waals surface area contributed by atoms with E-state index in [4.69, 9.17) is 0 Å². The predicted octanol–water partition coefficient (Wildman–Crippen LogP) is 36.3. The molecule has 0 fully saturated rings. The van der Waals surface area contributed by atoms with E-state index < -0.39 is 20.2 Å². The number of benzene rings is 2. The summed E-state index contributed by atoms with van der Waals surface area (Å²) in [6, 6.07) is 13.3. The van der Waals surface area contributed by atoms with Gasteiger partial charge in [0.15, 0.2) is 0 Å². The van der Waals surface area contributed by atoms with Gasteiger partial charge in [-0.25, -0.2) is 16.8 Å². The van der Waals surface area contributed by atoms with E-state index in [1.54, 1.807) is 24.3 Å². The summed E-state index contributed by atoms with van der Waals surface area (Å²) in [5.74, 6) is 0. The number of aryl methyl sites for hydroxylation is 2. The smallest absolute Gasteiger partial charge is 0.744 e. The van der Waals surface area contributed by atoms with Gasteiger partial charge in [0.25, 0.3) is 0 Å². The first kappa shape index (κ1) is 112. The third-order valence-corrected chi connectivity index (χ3v) is 27.0. The van der Waals surface area contributed by atoms with Crippen LogP contribution in [0.1, 0.15) is 590 Å². The van der Waals surface area contributed by atoms with E-state index in [1.807, 2.05) is 12.1 Å². The van der Waals surface area contributed by atoms with Gasteiger partial charge in [0.05, 0.1) is 9.79 Å². The molecule has 2 aromatic carbocycles. The van der Waals surface area contributed by atoms with Crippen molar-refractivity contribution in [1.82, 2.24) is 0 Å². The van der Waals surface area contributed by atoms with Crippen molar-refractivity contribution in [2.24, 2.45) is 0 Å². The molecule has 9 heteroatoms. The summed E-state index contributed by atoms with van der Waals surface area (Å²) in [5.41, 5.74) is 1.35. The first-order chi connectivity index (χ1) is 55.1. The number of hydrogen-bond donors (Lipinski definition) is 0. The molecule has 0 amide bonds. The topological polar surface area (TPSA) is 114 Å². The van der Waals surface area contributed by atoms with Crippen LogP contribution < -0.4 is 0 Å². The number of unbranched alkanes of at least 4 members (excludes halogenated alkanes) is 86. The predicted molar refractivity (Wildman–Crippen MR) is 500 cm³/mol. The molecule has 0 saturated carbocycles. The molecule has 0 aromatic heterocycles. The van der Waals surface area contributed by atoms with Gasteiger partial charge in [0, 0.05) is 0 Å². The van der Waals surface area contributed by atoms with Crippen molar-refractivity contribution in [3.8, 4) is 0 Å². The first-order valence-corrected chi connectivity index (χ1v) is 54.0. The van der Waals surface area contributed by atoms with Gasteiger partial charge < -0.3 is 9.11 Å². The zero-order valence-corrected chi connectivity index (χ0v) is 79.3. The minimum Gasteiger partial charge on any atom is -0.744 e.